The molecular formula is C14H11Cl2NO. The Kier molecular flexibility index (Phi) is 3.60. The molecule has 0 amide bonds. The quantitative estimate of drug-likeness (QED) is 0.664. The molecule has 0 aromatic heterocycles. The third-order valence-corrected chi connectivity index (χ3v) is 3.43. The lowest BCUT2D eigenvalue weighted by Gasteiger charge is -2.07. The summed E-state index contributed by atoms with van der Waals surface area (Å²) >= 11 is 11.7. The summed E-state index contributed by atoms with van der Waals surface area (Å²) in [6.45, 7) is 1.87. The van der Waals surface area contributed by atoms with E-state index in [4.69, 9.17) is 28.9 Å². The summed E-state index contributed by atoms with van der Waals surface area (Å²) in [7, 11) is 0. The van der Waals surface area contributed by atoms with Gasteiger partial charge in [0.05, 0.1) is 10.0 Å². The van der Waals surface area contributed by atoms with E-state index in [0.29, 0.717) is 26.9 Å². The zero-order valence-corrected chi connectivity index (χ0v) is 11.2. The van der Waals surface area contributed by atoms with Crippen LogP contribution in [0.25, 0.3) is 0 Å². The maximum absolute atomic E-state index is 12.3. The zero-order valence-electron chi connectivity index (χ0n) is 9.71. The minimum Gasteiger partial charge on any atom is -0.399 e. The summed E-state index contributed by atoms with van der Waals surface area (Å²) in [5, 5.41) is 0.793. The Morgan fingerprint density at radius 2 is 1.78 bits per heavy atom. The highest BCUT2D eigenvalue weighted by Crippen LogP contribution is 2.25. The van der Waals surface area contributed by atoms with Crippen molar-refractivity contribution in [3.05, 3.63) is 63.1 Å². The van der Waals surface area contributed by atoms with Gasteiger partial charge in [-0.25, -0.2) is 0 Å². The van der Waals surface area contributed by atoms with Gasteiger partial charge >= 0.3 is 0 Å². The molecule has 0 heterocycles. The number of benzene rings is 2. The molecule has 0 saturated carbocycles. The molecule has 18 heavy (non-hydrogen) atoms. The van der Waals surface area contributed by atoms with Gasteiger partial charge in [0.25, 0.3) is 0 Å². The Morgan fingerprint density at radius 3 is 2.44 bits per heavy atom. The minimum absolute atomic E-state index is 0.113. The number of hydrogen-bond acceptors (Lipinski definition) is 2. The van der Waals surface area contributed by atoms with Crippen LogP contribution >= 0.6 is 23.2 Å². The van der Waals surface area contributed by atoms with Gasteiger partial charge in [0.2, 0.25) is 0 Å². The maximum atomic E-state index is 12.3. The molecule has 0 aliphatic carbocycles. The fraction of sp³-hybridized carbons (Fsp3) is 0.0714. The summed E-state index contributed by atoms with van der Waals surface area (Å²) in [5.41, 5.74) is 8.21. The van der Waals surface area contributed by atoms with Gasteiger partial charge in [0, 0.05) is 16.8 Å². The van der Waals surface area contributed by atoms with Crippen LogP contribution in [0, 0.1) is 6.92 Å². The second-order valence-corrected chi connectivity index (χ2v) is 4.85. The highest BCUT2D eigenvalue weighted by Gasteiger charge is 2.13. The molecule has 0 unspecified atom stereocenters. The minimum atomic E-state index is -0.113. The van der Waals surface area contributed by atoms with E-state index in [1.807, 2.05) is 13.0 Å². The number of nitrogens with two attached hydrogens (primary N) is 1. The predicted molar refractivity (Wildman–Crippen MR) is 75.5 cm³/mol. The Balaban J connectivity index is 2.47. The first-order valence-electron chi connectivity index (χ1n) is 5.35. The van der Waals surface area contributed by atoms with E-state index in [1.165, 1.54) is 0 Å². The normalized spacial score (nSPS) is 10.4. The number of rotatable bonds is 2. The van der Waals surface area contributed by atoms with E-state index in [1.54, 1.807) is 30.3 Å². The van der Waals surface area contributed by atoms with Crippen molar-refractivity contribution >= 4 is 34.7 Å². The number of ketones is 1. The average molecular weight is 280 g/mol. The van der Waals surface area contributed by atoms with Crippen LogP contribution in [-0.4, -0.2) is 5.78 Å². The topological polar surface area (TPSA) is 43.1 Å². The van der Waals surface area contributed by atoms with Crippen LogP contribution in [0.15, 0.2) is 36.4 Å². The van der Waals surface area contributed by atoms with Crippen molar-refractivity contribution in [1.82, 2.24) is 0 Å². The Labute approximate surface area is 115 Å². The monoisotopic (exact) mass is 279 g/mol. The lowest BCUT2D eigenvalue weighted by Crippen LogP contribution is -2.04. The molecule has 0 aliphatic heterocycles. The lowest BCUT2D eigenvalue weighted by molar-refractivity contribution is 0.103. The van der Waals surface area contributed by atoms with Crippen molar-refractivity contribution < 1.29 is 4.79 Å². The average Bonchev–Trinajstić information content (AvgIpc) is 2.35. The fourth-order valence-corrected chi connectivity index (χ4v) is 1.98. The van der Waals surface area contributed by atoms with Gasteiger partial charge in [-0.3, -0.25) is 4.79 Å². The van der Waals surface area contributed by atoms with Gasteiger partial charge in [-0.05, 0) is 42.8 Å². The van der Waals surface area contributed by atoms with Crippen LogP contribution in [0.5, 0.6) is 0 Å². The Bertz CT molecular complexity index is 623. The molecule has 2 nitrogen and oxygen atoms in total. The molecule has 0 bridgehead atoms. The van der Waals surface area contributed by atoms with Crippen molar-refractivity contribution in [1.29, 1.82) is 0 Å². The van der Waals surface area contributed by atoms with Gasteiger partial charge in [0.1, 0.15) is 0 Å². The molecule has 2 aromatic rings. The zero-order chi connectivity index (χ0) is 13.3. The maximum Gasteiger partial charge on any atom is 0.193 e. The summed E-state index contributed by atoms with van der Waals surface area (Å²) < 4.78 is 0. The molecule has 2 rings (SSSR count). The van der Waals surface area contributed by atoms with Crippen LogP contribution in [0.3, 0.4) is 0 Å². The van der Waals surface area contributed by atoms with Crippen LogP contribution in [-0.2, 0) is 0 Å². The number of nitrogen functional groups attached to an aromatic ring is 1. The van der Waals surface area contributed by atoms with Crippen LogP contribution in [0.1, 0.15) is 21.5 Å². The molecule has 0 saturated heterocycles. The number of carbonyl (C=O) groups is 1. The lowest BCUT2D eigenvalue weighted by atomic mass is 9.98. The summed E-state index contributed by atoms with van der Waals surface area (Å²) in [4.78, 5) is 12.3. The smallest absolute Gasteiger partial charge is 0.193 e. The second kappa shape index (κ2) is 5.01. The molecule has 92 valence electrons. The number of carbonyl (C=O) groups excluding carboxylic acids is 1. The van der Waals surface area contributed by atoms with Crippen LogP contribution < -0.4 is 5.73 Å². The van der Waals surface area contributed by atoms with Crippen molar-refractivity contribution in [2.75, 3.05) is 5.73 Å². The summed E-state index contributed by atoms with van der Waals surface area (Å²) in [5.74, 6) is -0.113. The third-order valence-electron chi connectivity index (χ3n) is 2.69. The SMILES string of the molecule is Cc1ccc(N)cc1C(=O)c1ccc(Cl)c(Cl)c1. The van der Waals surface area contributed by atoms with E-state index in [0.717, 1.165) is 5.56 Å². The van der Waals surface area contributed by atoms with Gasteiger partial charge < -0.3 is 5.73 Å². The number of anilines is 1. The summed E-state index contributed by atoms with van der Waals surface area (Å²) in [6, 6.07) is 10.1. The molecule has 2 aromatic carbocycles. The molecule has 0 atom stereocenters. The van der Waals surface area contributed by atoms with Crippen molar-refractivity contribution in [3.63, 3.8) is 0 Å². The molecule has 0 fully saturated rings. The van der Waals surface area contributed by atoms with Gasteiger partial charge in [-0.1, -0.05) is 29.3 Å². The molecule has 2 N–H and O–H groups in total. The van der Waals surface area contributed by atoms with E-state index >= 15 is 0 Å². The van der Waals surface area contributed by atoms with Gasteiger partial charge in [-0.2, -0.15) is 0 Å². The van der Waals surface area contributed by atoms with Crippen LogP contribution in [0.4, 0.5) is 5.69 Å². The number of aryl methyl sites for hydroxylation is 1. The van der Waals surface area contributed by atoms with Crippen molar-refractivity contribution in [2.45, 2.75) is 6.92 Å². The first-order valence-corrected chi connectivity index (χ1v) is 6.10. The van der Waals surface area contributed by atoms with E-state index in [9.17, 15) is 4.79 Å². The molecule has 0 aliphatic rings. The first kappa shape index (κ1) is 12.9. The summed E-state index contributed by atoms with van der Waals surface area (Å²) in [6.07, 6.45) is 0. The second-order valence-electron chi connectivity index (χ2n) is 4.03. The van der Waals surface area contributed by atoms with Crippen LogP contribution in [0.2, 0.25) is 10.0 Å². The molecule has 4 heteroatoms. The highest BCUT2D eigenvalue weighted by atomic mass is 35.5. The fourth-order valence-electron chi connectivity index (χ4n) is 1.68. The predicted octanol–water partition coefficient (Wildman–Crippen LogP) is 4.12. The van der Waals surface area contributed by atoms with E-state index < -0.39 is 0 Å². The Hall–Kier alpha value is -1.51. The van der Waals surface area contributed by atoms with Crippen molar-refractivity contribution in [2.24, 2.45) is 0 Å². The van der Waals surface area contributed by atoms with Crippen molar-refractivity contribution in [3.8, 4) is 0 Å². The Morgan fingerprint density at radius 1 is 1.06 bits per heavy atom. The van der Waals surface area contributed by atoms with E-state index in [2.05, 4.69) is 0 Å². The first-order chi connectivity index (χ1) is 8.49. The standard InChI is InChI=1S/C14H11Cl2NO/c1-8-2-4-10(17)7-11(8)14(18)9-3-5-12(15)13(16)6-9/h2-7H,17H2,1H3. The van der Waals surface area contributed by atoms with Gasteiger partial charge in [-0.15, -0.1) is 0 Å². The molecule has 0 radical (unpaired) electrons. The van der Waals surface area contributed by atoms with E-state index in [-0.39, 0.29) is 5.78 Å². The largest absolute Gasteiger partial charge is 0.399 e. The highest BCUT2D eigenvalue weighted by molar-refractivity contribution is 6.42. The molecular weight excluding hydrogens is 269 g/mol. The number of hydrogen-bond donors (Lipinski definition) is 1. The number of halogens is 2. The molecule has 0 spiro atoms. The third kappa shape index (κ3) is 2.50. The van der Waals surface area contributed by atoms with Gasteiger partial charge in [0.15, 0.2) is 5.78 Å².